The third-order valence-electron chi connectivity index (χ3n) is 4.64. The lowest BCUT2D eigenvalue weighted by Crippen LogP contribution is -2.49. The van der Waals surface area contributed by atoms with Crippen molar-refractivity contribution in [3.63, 3.8) is 0 Å². The molecule has 0 spiro atoms. The van der Waals surface area contributed by atoms with Crippen molar-refractivity contribution in [2.45, 2.75) is 46.0 Å². The van der Waals surface area contributed by atoms with E-state index in [-0.39, 0.29) is 17.3 Å². The van der Waals surface area contributed by atoms with Crippen LogP contribution in [0.5, 0.6) is 0 Å². The molecule has 5 nitrogen and oxygen atoms in total. The van der Waals surface area contributed by atoms with E-state index in [2.05, 4.69) is 5.32 Å². The molecule has 1 saturated heterocycles. The summed E-state index contributed by atoms with van der Waals surface area (Å²) in [6.45, 7) is 8.87. The van der Waals surface area contributed by atoms with Crippen LogP contribution in [0.15, 0.2) is 24.3 Å². The zero-order chi connectivity index (χ0) is 18.7. The Morgan fingerprint density at radius 2 is 1.76 bits per heavy atom. The highest BCUT2D eigenvalue weighted by Gasteiger charge is 2.38. The first-order chi connectivity index (χ1) is 11.6. The molecule has 6 heteroatoms. The van der Waals surface area contributed by atoms with Gasteiger partial charge < -0.3 is 10.2 Å². The highest BCUT2D eigenvalue weighted by atomic mass is 35.5. The fraction of sp³-hybridized carbons (Fsp3) is 0.579. The average Bonchev–Trinajstić information content (AvgIpc) is 2.54. The summed E-state index contributed by atoms with van der Waals surface area (Å²) in [4.78, 5) is 29.0. The number of amides is 1. The van der Waals surface area contributed by atoms with E-state index in [1.807, 2.05) is 45.0 Å². The maximum absolute atomic E-state index is 12.1. The smallest absolute Gasteiger partial charge is 0.330 e. The van der Waals surface area contributed by atoms with E-state index in [0.29, 0.717) is 24.7 Å². The molecular formula is C19H27ClN2O3. The molecule has 1 aliphatic heterocycles. The first-order valence-corrected chi connectivity index (χ1v) is 8.98. The van der Waals surface area contributed by atoms with Crippen molar-refractivity contribution in [2.24, 2.45) is 5.41 Å². The normalized spacial score (nSPS) is 17.8. The molecule has 1 heterocycles. The highest BCUT2D eigenvalue weighted by molar-refractivity contribution is 6.30. The minimum absolute atomic E-state index is 0.0464. The molecule has 1 aliphatic rings. The number of halogens is 1. The summed E-state index contributed by atoms with van der Waals surface area (Å²) in [6.07, 6.45) is 1.57. The van der Waals surface area contributed by atoms with Crippen LogP contribution in [0.2, 0.25) is 5.02 Å². The molecule has 1 fully saturated rings. The third-order valence-corrected chi connectivity index (χ3v) is 4.89. The fourth-order valence-electron chi connectivity index (χ4n) is 2.92. The molecule has 1 amide bonds. The quantitative estimate of drug-likeness (QED) is 0.888. The molecule has 0 aromatic heterocycles. The maximum Gasteiger partial charge on any atom is 0.330 e. The molecule has 0 bridgehead atoms. The van der Waals surface area contributed by atoms with Crippen LogP contribution < -0.4 is 5.32 Å². The summed E-state index contributed by atoms with van der Waals surface area (Å²) in [5, 5.41) is 5.37. The number of rotatable bonds is 4. The number of hydrogen-bond acceptors (Lipinski definition) is 4. The minimum Gasteiger partial charge on any atom is -0.367 e. The highest BCUT2D eigenvalue weighted by Crippen LogP contribution is 2.36. The van der Waals surface area contributed by atoms with E-state index in [0.717, 1.165) is 18.4 Å². The standard InChI is InChI=1S/C19H27ClN2O3/c1-14(23)21-13-19(15-5-7-16(20)8-6-15)9-11-22(12-10-19)25-17(24)18(2,3)4/h5-8H,9-13H2,1-4H3,(H,21,23). The van der Waals surface area contributed by atoms with Gasteiger partial charge in [-0.05, 0) is 51.3 Å². The molecule has 0 atom stereocenters. The number of carbonyl (C=O) groups is 2. The second kappa shape index (κ2) is 7.75. The Hall–Kier alpha value is -1.59. The van der Waals surface area contributed by atoms with Crippen molar-refractivity contribution in [2.75, 3.05) is 19.6 Å². The second-order valence-corrected chi connectivity index (χ2v) is 8.19. The van der Waals surface area contributed by atoms with E-state index in [4.69, 9.17) is 16.4 Å². The Kier molecular flexibility index (Phi) is 6.12. The monoisotopic (exact) mass is 366 g/mol. The van der Waals surface area contributed by atoms with Gasteiger partial charge in [-0.25, -0.2) is 4.79 Å². The zero-order valence-electron chi connectivity index (χ0n) is 15.4. The summed E-state index contributed by atoms with van der Waals surface area (Å²) in [7, 11) is 0. The van der Waals surface area contributed by atoms with Crippen LogP contribution in [0.3, 0.4) is 0 Å². The van der Waals surface area contributed by atoms with Gasteiger partial charge in [0, 0.05) is 37.0 Å². The fourth-order valence-corrected chi connectivity index (χ4v) is 3.05. The number of carbonyl (C=O) groups excluding carboxylic acids is 2. The molecule has 0 unspecified atom stereocenters. The van der Waals surface area contributed by atoms with Crippen molar-refractivity contribution in [1.82, 2.24) is 10.4 Å². The molecular weight excluding hydrogens is 340 g/mol. The van der Waals surface area contributed by atoms with Crippen LogP contribution in [-0.4, -0.2) is 36.6 Å². The zero-order valence-corrected chi connectivity index (χ0v) is 16.2. The predicted molar refractivity (Wildman–Crippen MR) is 98.2 cm³/mol. The lowest BCUT2D eigenvalue weighted by Gasteiger charge is -2.41. The van der Waals surface area contributed by atoms with Crippen molar-refractivity contribution >= 4 is 23.5 Å². The Labute approximate surface area is 154 Å². The van der Waals surface area contributed by atoms with E-state index in [9.17, 15) is 9.59 Å². The van der Waals surface area contributed by atoms with Crippen LogP contribution in [0.4, 0.5) is 0 Å². The molecule has 0 aliphatic carbocycles. The first kappa shape index (κ1) is 19.7. The molecule has 138 valence electrons. The Morgan fingerprint density at radius 1 is 1.20 bits per heavy atom. The lowest BCUT2D eigenvalue weighted by molar-refractivity contribution is -0.206. The second-order valence-electron chi connectivity index (χ2n) is 7.75. The van der Waals surface area contributed by atoms with Crippen molar-refractivity contribution < 1.29 is 14.4 Å². The van der Waals surface area contributed by atoms with E-state index < -0.39 is 5.41 Å². The molecule has 0 radical (unpaired) electrons. The lowest BCUT2D eigenvalue weighted by atomic mass is 9.73. The number of piperidine rings is 1. The summed E-state index contributed by atoms with van der Waals surface area (Å²) in [6, 6.07) is 7.78. The Bertz CT molecular complexity index is 615. The Morgan fingerprint density at radius 3 is 2.24 bits per heavy atom. The SMILES string of the molecule is CC(=O)NCC1(c2ccc(Cl)cc2)CCN(OC(=O)C(C)(C)C)CC1. The van der Waals surface area contributed by atoms with Gasteiger partial charge >= 0.3 is 5.97 Å². The van der Waals surface area contributed by atoms with Gasteiger partial charge in [-0.3, -0.25) is 4.79 Å². The van der Waals surface area contributed by atoms with Crippen LogP contribution >= 0.6 is 11.6 Å². The predicted octanol–water partition coefficient (Wildman–Crippen LogP) is 3.31. The van der Waals surface area contributed by atoms with Gasteiger partial charge in [-0.1, -0.05) is 23.7 Å². The first-order valence-electron chi connectivity index (χ1n) is 8.60. The number of hydroxylamine groups is 2. The van der Waals surface area contributed by atoms with Crippen LogP contribution in [0.1, 0.15) is 46.1 Å². The van der Waals surface area contributed by atoms with Gasteiger partial charge in [-0.15, -0.1) is 5.06 Å². The van der Waals surface area contributed by atoms with Crippen molar-refractivity contribution in [3.8, 4) is 0 Å². The summed E-state index contributed by atoms with van der Waals surface area (Å²) in [5.41, 5.74) is 0.439. The van der Waals surface area contributed by atoms with Crippen molar-refractivity contribution in [3.05, 3.63) is 34.9 Å². The maximum atomic E-state index is 12.1. The Balaban J connectivity index is 2.10. The molecule has 1 aromatic rings. The average molecular weight is 367 g/mol. The van der Waals surface area contributed by atoms with Gasteiger partial charge in [0.15, 0.2) is 0 Å². The van der Waals surface area contributed by atoms with Crippen LogP contribution in [0, 0.1) is 5.41 Å². The topological polar surface area (TPSA) is 58.6 Å². The van der Waals surface area contributed by atoms with Gasteiger partial charge in [0.2, 0.25) is 5.91 Å². The molecule has 1 N–H and O–H groups in total. The van der Waals surface area contributed by atoms with Crippen LogP contribution in [-0.2, 0) is 19.8 Å². The molecule has 1 aromatic carbocycles. The van der Waals surface area contributed by atoms with E-state index in [1.54, 1.807) is 5.06 Å². The summed E-state index contributed by atoms with van der Waals surface area (Å²) >= 11 is 6.01. The van der Waals surface area contributed by atoms with Crippen molar-refractivity contribution in [1.29, 1.82) is 0 Å². The summed E-state index contributed by atoms with van der Waals surface area (Å²) < 4.78 is 0. The van der Waals surface area contributed by atoms with Gasteiger partial charge in [0.1, 0.15) is 0 Å². The third kappa shape index (κ3) is 5.19. The van der Waals surface area contributed by atoms with Crippen LogP contribution in [0.25, 0.3) is 0 Å². The number of benzene rings is 1. The van der Waals surface area contributed by atoms with Gasteiger partial charge in [-0.2, -0.15) is 0 Å². The van der Waals surface area contributed by atoms with E-state index >= 15 is 0 Å². The van der Waals surface area contributed by atoms with Gasteiger partial charge in [0.25, 0.3) is 0 Å². The van der Waals surface area contributed by atoms with Gasteiger partial charge in [0.05, 0.1) is 5.41 Å². The largest absolute Gasteiger partial charge is 0.367 e. The summed E-state index contributed by atoms with van der Waals surface area (Å²) in [5.74, 6) is -0.275. The molecule has 25 heavy (non-hydrogen) atoms. The number of nitrogens with one attached hydrogen (secondary N) is 1. The molecule has 0 saturated carbocycles. The minimum atomic E-state index is -0.527. The number of nitrogens with zero attached hydrogens (tertiary/aromatic N) is 1. The number of hydrogen-bond donors (Lipinski definition) is 1. The molecule has 2 rings (SSSR count). The van der Waals surface area contributed by atoms with E-state index in [1.165, 1.54) is 6.92 Å².